The fraction of sp³-hybridized carbons (Fsp3) is 0.875. The maximum atomic E-state index is 12.6. The molecular weight excluding hydrogens is 720 g/mol. The SMILES string of the molecule is CC1=C(C)C(=O)OC(C(C)(O)C2CCC3C4CC=C5CC(OC6OC(COC7OC(CO)C(O)C(O)C7O)C(O)C(O)C6O)CC(O)C5(C)C4CCC32C)C1. The molecule has 15 heteroatoms. The predicted octanol–water partition coefficient (Wildman–Crippen LogP) is -0.0516. The zero-order valence-corrected chi connectivity index (χ0v) is 32.4. The number of cyclic esters (lactones) is 1. The van der Waals surface area contributed by atoms with Gasteiger partial charge in [-0.2, -0.15) is 0 Å². The van der Waals surface area contributed by atoms with Gasteiger partial charge in [-0.3, -0.25) is 0 Å². The Labute approximate surface area is 321 Å². The van der Waals surface area contributed by atoms with E-state index in [0.717, 1.165) is 43.3 Å². The van der Waals surface area contributed by atoms with Crippen molar-refractivity contribution in [3.05, 3.63) is 22.8 Å². The molecular formula is C40H62O15. The molecule has 20 unspecified atom stereocenters. The van der Waals surface area contributed by atoms with Crippen molar-refractivity contribution in [1.82, 2.24) is 0 Å². The number of aliphatic hydroxyl groups excluding tert-OH is 8. The lowest BCUT2D eigenvalue weighted by atomic mass is 9.46. The minimum Gasteiger partial charge on any atom is -0.456 e. The van der Waals surface area contributed by atoms with Gasteiger partial charge in [0, 0.05) is 23.8 Å². The summed E-state index contributed by atoms with van der Waals surface area (Å²) in [7, 11) is 0. The van der Waals surface area contributed by atoms with Gasteiger partial charge in [0.25, 0.3) is 0 Å². The van der Waals surface area contributed by atoms with Gasteiger partial charge in [-0.1, -0.05) is 31.1 Å². The molecule has 0 spiro atoms. The van der Waals surface area contributed by atoms with Crippen molar-refractivity contribution in [3.8, 4) is 0 Å². The third-order valence-electron chi connectivity index (χ3n) is 15.5. The Bertz CT molecular complexity index is 1500. The van der Waals surface area contributed by atoms with Crippen molar-refractivity contribution in [1.29, 1.82) is 0 Å². The first-order valence-corrected chi connectivity index (χ1v) is 20.1. The molecule has 15 nitrogen and oxygen atoms in total. The van der Waals surface area contributed by atoms with Gasteiger partial charge >= 0.3 is 5.97 Å². The topological polar surface area (TPSA) is 245 Å². The Morgan fingerprint density at radius 2 is 1.51 bits per heavy atom. The Morgan fingerprint density at radius 1 is 0.855 bits per heavy atom. The summed E-state index contributed by atoms with van der Waals surface area (Å²) in [6, 6.07) is 0. The molecule has 4 aliphatic carbocycles. The Kier molecular flexibility index (Phi) is 11.5. The Hall–Kier alpha value is -1.57. The van der Waals surface area contributed by atoms with E-state index in [9.17, 15) is 50.8 Å². The van der Waals surface area contributed by atoms with Gasteiger partial charge in [0.1, 0.15) is 60.5 Å². The number of carbonyl (C=O) groups is 1. The third kappa shape index (κ3) is 6.86. The maximum Gasteiger partial charge on any atom is 0.334 e. The van der Waals surface area contributed by atoms with Gasteiger partial charge in [-0.25, -0.2) is 4.79 Å². The molecule has 5 fully saturated rings. The number of hydrogen-bond acceptors (Lipinski definition) is 15. The van der Waals surface area contributed by atoms with E-state index in [1.165, 1.54) is 0 Å². The highest BCUT2D eigenvalue weighted by Crippen LogP contribution is 2.68. The maximum absolute atomic E-state index is 12.6. The largest absolute Gasteiger partial charge is 0.456 e. The molecule has 0 aromatic heterocycles. The highest BCUT2D eigenvalue weighted by molar-refractivity contribution is 5.89. The summed E-state index contributed by atoms with van der Waals surface area (Å²) in [6.45, 7) is 8.86. The molecule has 7 rings (SSSR count). The summed E-state index contributed by atoms with van der Waals surface area (Å²) in [4.78, 5) is 12.6. The van der Waals surface area contributed by atoms with Gasteiger partial charge in [-0.05, 0) is 88.4 Å². The first-order chi connectivity index (χ1) is 25.8. The molecule has 0 aromatic rings. The molecule has 0 bridgehead atoms. The summed E-state index contributed by atoms with van der Waals surface area (Å²) in [5.41, 5.74) is 0.757. The molecule has 7 aliphatic rings. The van der Waals surface area contributed by atoms with Crippen LogP contribution in [-0.2, 0) is 28.5 Å². The van der Waals surface area contributed by atoms with Crippen LogP contribution in [0.2, 0.25) is 0 Å². The molecule has 3 aliphatic heterocycles. The number of rotatable bonds is 8. The van der Waals surface area contributed by atoms with Gasteiger partial charge in [0.05, 0.1) is 25.4 Å². The van der Waals surface area contributed by atoms with Crippen molar-refractivity contribution in [2.24, 2.45) is 34.5 Å². The second kappa shape index (κ2) is 15.2. The van der Waals surface area contributed by atoms with Crippen molar-refractivity contribution in [2.75, 3.05) is 13.2 Å². The highest BCUT2D eigenvalue weighted by atomic mass is 16.7. The molecule has 312 valence electrons. The lowest BCUT2D eigenvalue weighted by Crippen LogP contribution is -2.62. The number of allylic oxidation sites excluding steroid dienone is 1. The van der Waals surface area contributed by atoms with Crippen LogP contribution in [0.3, 0.4) is 0 Å². The molecule has 2 saturated heterocycles. The van der Waals surface area contributed by atoms with Crippen molar-refractivity contribution >= 4 is 5.97 Å². The van der Waals surface area contributed by atoms with Crippen molar-refractivity contribution < 1.29 is 74.4 Å². The second-order valence-corrected chi connectivity index (χ2v) is 18.3. The number of fused-ring (bicyclic) bond motifs is 5. The van der Waals surface area contributed by atoms with Gasteiger partial charge < -0.3 is 69.6 Å². The Morgan fingerprint density at radius 3 is 2.18 bits per heavy atom. The lowest BCUT2D eigenvalue weighted by Gasteiger charge is -2.60. The smallest absolute Gasteiger partial charge is 0.334 e. The molecule has 20 atom stereocenters. The summed E-state index contributed by atoms with van der Waals surface area (Å²) in [6.07, 6.45) is -9.39. The second-order valence-electron chi connectivity index (χ2n) is 18.3. The summed E-state index contributed by atoms with van der Waals surface area (Å²) < 4.78 is 28.9. The fourth-order valence-electron chi connectivity index (χ4n) is 11.9. The molecule has 55 heavy (non-hydrogen) atoms. The van der Waals surface area contributed by atoms with Crippen LogP contribution in [0.1, 0.15) is 86.0 Å². The van der Waals surface area contributed by atoms with Gasteiger partial charge in [-0.15, -0.1) is 0 Å². The van der Waals surface area contributed by atoms with Crippen LogP contribution in [-0.4, -0.2) is 150 Å². The molecule has 9 N–H and O–H groups in total. The van der Waals surface area contributed by atoms with Gasteiger partial charge in [0.2, 0.25) is 0 Å². The van der Waals surface area contributed by atoms with E-state index in [0.29, 0.717) is 30.3 Å². The molecule has 0 radical (unpaired) electrons. The van der Waals surface area contributed by atoms with E-state index in [4.69, 9.17) is 23.7 Å². The van der Waals surface area contributed by atoms with Crippen LogP contribution >= 0.6 is 0 Å². The quantitative estimate of drug-likeness (QED) is 0.116. The normalized spacial score (nSPS) is 51.3. The van der Waals surface area contributed by atoms with Crippen molar-refractivity contribution in [3.63, 3.8) is 0 Å². The zero-order valence-electron chi connectivity index (χ0n) is 32.4. The highest BCUT2D eigenvalue weighted by Gasteiger charge is 2.64. The first kappa shape index (κ1) is 41.6. The fourth-order valence-corrected chi connectivity index (χ4v) is 11.9. The minimum absolute atomic E-state index is 0.0515. The minimum atomic E-state index is -1.68. The van der Waals surface area contributed by atoms with E-state index in [1.54, 1.807) is 6.92 Å². The van der Waals surface area contributed by atoms with Crippen LogP contribution < -0.4 is 0 Å². The monoisotopic (exact) mass is 782 g/mol. The van der Waals surface area contributed by atoms with E-state index < -0.39 is 104 Å². The van der Waals surface area contributed by atoms with Crippen LogP contribution in [0.25, 0.3) is 0 Å². The van der Waals surface area contributed by atoms with E-state index in [-0.39, 0.29) is 29.6 Å². The van der Waals surface area contributed by atoms with E-state index in [2.05, 4.69) is 19.9 Å². The average Bonchev–Trinajstić information content (AvgIpc) is 3.51. The number of aliphatic hydroxyl groups is 9. The summed E-state index contributed by atoms with van der Waals surface area (Å²) in [5, 5.41) is 96.4. The summed E-state index contributed by atoms with van der Waals surface area (Å²) >= 11 is 0. The standard InChI is InChI=1S/C40H62O15/c1-17-12-28(55-35(49)18(17)2)40(5,50)26-9-8-22-21-7-6-19-13-20(14-27(42)39(19,4)23(21)10-11-38(22,26)3)52-37-34(48)32(46)30(44)25(54-37)16-51-36-33(47)31(45)29(43)24(15-41)53-36/h6,20-34,36-37,41-48,50H,7-16H2,1-5H3. The average molecular weight is 783 g/mol. The zero-order chi connectivity index (χ0) is 39.9. The van der Waals surface area contributed by atoms with Crippen LogP contribution in [0, 0.1) is 34.5 Å². The number of hydrogen-bond donors (Lipinski definition) is 9. The lowest BCUT2D eigenvalue weighted by molar-refractivity contribution is -0.337. The number of ether oxygens (including phenoxy) is 5. The van der Waals surface area contributed by atoms with Crippen molar-refractivity contribution in [2.45, 2.75) is 171 Å². The molecule has 0 amide bonds. The summed E-state index contributed by atoms with van der Waals surface area (Å²) in [5.74, 6) is 0.398. The van der Waals surface area contributed by atoms with E-state index >= 15 is 0 Å². The number of carbonyl (C=O) groups excluding carboxylic acids is 1. The van der Waals surface area contributed by atoms with Crippen LogP contribution in [0.5, 0.6) is 0 Å². The number of esters is 1. The molecule has 3 saturated carbocycles. The van der Waals surface area contributed by atoms with Gasteiger partial charge in [0.15, 0.2) is 12.6 Å². The first-order valence-electron chi connectivity index (χ1n) is 20.1. The Balaban J connectivity index is 1.01. The van der Waals surface area contributed by atoms with Crippen LogP contribution in [0.4, 0.5) is 0 Å². The predicted molar refractivity (Wildman–Crippen MR) is 191 cm³/mol. The third-order valence-corrected chi connectivity index (χ3v) is 15.5. The van der Waals surface area contributed by atoms with E-state index in [1.807, 2.05) is 13.8 Å². The molecule has 3 heterocycles. The van der Waals surface area contributed by atoms with Crippen LogP contribution in [0.15, 0.2) is 22.8 Å². The molecule has 0 aromatic carbocycles.